The quantitative estimate of drug-likeness (QED) is 0.0310. The summed E-state index contributed by atoms with van der Waals surface area (Å²) in [4.78, 5) is 67.0. The fourth-order valence-corrected chi connectivity index (χ4v) is 4.21. The third kappa shape index (κ3) is 14.1. The highest BCUT2D eigenvalue weighted by atomic mass is 16.5. The van der Waals surface area contributed by atoms with Gasteiger partial charge < -0.3 is 40.6 Å². The van der Waals surface area contributed by atoms with E-state index in [2.05, 4.69) is 45.9 Å². The number of nitrogens with one attached hydrogen (secondary N) is 4. The maximum atomic E-state index is 12.9. The minimum absolute atomic E-state index is 0.00180. The third-order valence-corrected chi connectivity index (χ3v) is 6.70. The number of rotatable bonds is 23. The summed E-state index contributed by atoms with van der Waals surface area (Å²) in [5.41, 5.74) is 14.9. The molecule has 0 saturated carbocycles. The third-order valence-electron chi connectivity index (χ3n) is 6.70. The Bertz CT molecular complexity index is 1610. The van der Waals surface area contributed by atoms with Crippen LogP contribution < -0.4 is 27.2 Å². The van der Waals surface area contributed by atoms with Crippen LogP contribution >= 0.6 is 0 Å². The van der Waals surface area contributed by atoms with Gasteiger partial charge in [-0.1, -0.05) is 5.11 Å². The number of azide groups is 1. The number of carbonyl (C=O) groups is 3. The molecule has 2 amide bonds. The normalized spacial score (nSPS) is 11.4. The molecule has 0 radical (unpaired) electrons. The molecule has 1 atom stereocenters. The van der Waals surface area contributed by atoms with Crippen LogP contribution in [0.1, 0.15) is 41.7 Å². The summed E-state index contributed by atoms with van der Waals surface area (Å²) in [6.45, 7) is 3.67. The Morgan fingerprint density at radius 2 is 1.71 bits per heavy atom. The summed E-state index contributed by atoms with van der Waals surface area (Å²) in [5.74, 6) is -1.50. The lowest BCUT2D eigenvalue weighted by Crippen LogP contribution is -2.42. The Kier molecular flexibility index (Phi) is 16.7. The number of ether oxygens (including phenoxy) is 4. The van der Waals surface area contributed by atoms with Gasteiger partial charge in [-0.15, -0.1) is 0 Å². The number of amides is 2. The van der Waals surface area contributed by atoms with Gasteiger partial charge in [0.05, 0.1) is 52.0 Å². The highest BCUT2D eigenvalue weighted by Gasteiger charge is 2.23. The van der Waals surface area contributed by atoms with E-state index in [0.717, 1.165) is 0 Å². The van der Waals surface area contributed by atoms with Crippen molar-refractivity contribution in [3.8, 4) is 0 Å². The molecule has 19 nitrogen and oxygen atoms in total. The van der Waals surface area contributed by atoms with Crippen molar-refractivity contribution in [2.24, 2.45) is 5.11 Å². The van der Waals surface area contributed by atoms with Crippen molar-refractivity contribution in [1.82, 2.24) is 30.6 Å². The van der Waals surface area contributed by atoms with Gasteiger partial charge in [0.2, 0.25) is 11.9 Å². The predicted molar refractivity (Wildman–Crippen MR) is 177 cm³/mol. The molecule has 0 aliphatic heterocycles. The first kappa shape index (κ1) is 38.1. The summed E-state index contributed by atoms with van der Waals surface area (Å²) in [5, 5.41) is 12.0. The van der Waals surface area contributed by atoms with Crippen LogP contribution in [0.2, 0.25) is 0 Å². The van der Waals surface area contributed by atoms with Crippen molar-refractivity contribution in [2.75, 3.05) is 70.9 Å². The maximum absolute atomic E-state index is 12.9. The summed E-state index contributed by atoms with van der Waals surface area (Å²) in [6, 6.07) is 5.47. The molecule has 0 fully saturated rings. The molecule has 2 aromatic heterocycles. The van der Waals surface area contributed by atoms with Crippen LogP contribution in [0.4, 0.5) is 11.6 Å². The molecule has 0 aliphatic rings. The van der Waals surface area contributed by atoms with E-state index in [1.165, 1.54) is 13.3 Å². The highest BCUT2D eigenvalue weighted by Crippen LogP contribution is 2.12. The zero-order valence-electron chi connectivity index (χ0n) is 27.2. The lowest BCUT2D eigenvalue weighted by Gasteiger charge is -2.16. The van der Waals surface area contributed by atoms with Gasteiger partial charge in [-0.3, -0.25) is 19.4 Å². The number of hydrogen-bond donors (Lipinski definition) is 5. The van der Waals surface area contributed by atoms with Crippen LogP contribution in [0, 0.1) is 0 Å². The largest absolute Gasteiger partial charge is 0.467 e. The predicted octanol–water partition coefficient (Wildman–Crippen LogP) is 1.22. The topological polar surface area (TPSA) is 271 Å². The van der Waals surface area contributed by atoms with E-state index in [1.807, 2.05) is 0 Å². The van der Waals surface area contributed by atoms with Gasteiger partial charge in [0, 0.05) is 48.9 Å². The van der Waals surface area contributed by atoms with E-state index in [-0.39, 0.29) is 42.4 Å². The molecule has 3 rings (SSSR count). The number of benzene rings is 1. The Labute approximate surface area is 281 Å². The maximum Gasteiger partial charge on any atom is 0.328 e. The first-order chi connectivity index (χ1) is 23.8. The molecule has 1 aromatic carbocycles. The molecule has 0 unspecified atom stereocenters. The number of aromatic nitrogens is 4. The average molecular weight is 684 g/mol. The Morgan fingerprint density at radius 3 is 2.41 bits per heavy atom. The Hall–Kier alpha value is -5.36. The molecule has 19 heteroatoms. The average Bonchev–Trinajstić information content (AvgIpc) is 3.10. The molecule has 6 N–H and O–H groups in total. The first-order valence-corrected chi connectivity index (χ1v) is 15.6. The summed E-state index contributed by atoms with van der Waals surface area (Å²) in [6.07, 6.45) is 2.77. The molecule has 3 aromatic rings. The van der Waals surface area contributed by atoms with Gasteiger partial charge in [-0.25, -0.2) is 14.8 Å². The SMILES string of the molecule is COC(=O)[C@@H](CCC(=O)NCCCOCCOCCOCCCN=[N+]=[N-])NC(=O)c1ccc(NCc2cnc3nc(N)[nH]c(=O)c3n2)cc1. The molecule has 0 spiro atoms. The molecule has 49 heavy (non-hydrogen) atoms. The number of hydrogen-bond acceptors (Lipinski definition) is 14. The van der Waals surface area contributed by atoms with Crippen molar-refractivity contribution in [2.45, 2.75) is 38.3 Å². The van der Waals surface area contributed by atoms with Gasteiger partial charge in [-0.2, -0.15) is 4.98 Å². The van der Waals surface area contributed by atoms with Crippen molar-refractivity contribution >= 4 is 40.6 Å². The number of anilines is 2. The number of esters is 1. The molecular weight excluding hydrogens is 642 g/mol. The van der Waals surface area contributed by atoms with Crippen molar-refractivity contribution in [1.29, 1.82) is 0 Å². The van der Waals surface area contributed by atoms with Crippen LogP contribution in [0.3, 0.4) is 0 Å². The Balaban J connectivity index is 1.31. The van der Waals surface area contributed by atoms with Crippen molar-refractivity contribution in [3.05, 3.63) is 62.5 Å². The monoisotopic (exact) mass is 683 g/mol. The second-order valence-corrected chi connectivity index (χ2v) is 10.4. The smallest absolute Gasteiger partial charge is 0.328 e. The molecule has 0 bridgehead atoms. The minimum Gasteiger partial charge on any atom is -0.467 e. The van der Waals surface area contributed by atoms with Crippen LogP contribution in [-0.2, 0) is 35.1 Å². The second-order valence-electron chi connectivity index (χ2n) is 10.4. The Morgan fingerprint density at radius 1 is 1.02 bits per heavy atom. The van der Waals surface area contributed by atoms with E-state index >= 15 is 0 Å². The highest BCUT2D eigenvalue weighted by molar-refractivity contribution is 5.97. The van der Waals surface area contributed by atoms with Crippen LogP contribution in [0.25, 0.3) is 21.6 Å². The lowest BCUT2D eigenvalue weighted by molar-refractivity contribution is -0.143. The number of aromatic amines is 1. The van der Waals surface area contributed by atoms with E-state index in [9.17, 15) is 19.2 Å². The van der Waals surface area contributed by atoms with E-state index in [0.29, 0.717) is 82.5 Å². The lowest BCUT2D eigenvalue weighted by atomic mass is 10.1. The molecule has 2 heterocycles. The number of H-pyrrole nitrogens is 1. The number of nitrogens with zero attached hydrogens (tertiary/aromatic N) is 6. The zero-order valence-corrected chi connectivity index (χ0v) is 27.2. The molecular formula is C30H41N11O8. The van der Waals surface area contributed by atoms with Crippen LogP contribution in [-0.4, -0.2) is 104 Å². The van der Waals surface area contributed by atoms with E-state index in [4.69, 9.17) is 30.2 Å². The number of nitrogens with two attached hydrogens (primary N) is 1. The number of fused-ring (bicyclic) bond motifs is 1. The summed E-state index contributed by atoms with van der Waals surface area (Å²) < 4.78 is 21.0. The van der Waals surface area contributed by atoms with Crippen LogP contribution in [0.15, 0.2) is 40.4 Å². The summed E-state index contributed by atoms with van der Waals surface area (Å²) >= 11 is 0. The van der Waals surface area contributed by atoms with Gasteiger partial charge in [0.1, 0.15) is 6.04 Å². The second kappa shape index (κ2) is 21.5. The standard InChI is InChI=1S/C30H41N11O8/c1-46-29(45)23(8-9-24(42)33-10-2-12-47-14-16-49-17-15-48-13-3-11-36-41-32)38-27(43)20-4-6-21(7-5-20)34-18-22-19-35-26-25(37-22)28(44)40-30(31)39-26/h4-7,19,23,34H,2-3,8-18H2,1H3,(H,33,42)(H,38,43)(H3,31,35,39,40,44)/t23-/m1/s1. The van der Waals surface area contributed by atoms with Crippen molar-refractivity contribution < 1.29 is 33.3 Å². The minimum atomic E-state index is -1.02. The number of methoxy groups -OCH3 is 1. The fourth-order valence-electron chi connectivity index (χ4n) is 4.21. The van der Waals surface area contributed by atoms with Gasteiger partial charge in [-0.05, 0) is 49.1 Å². The summed E-state index contributed by atoms with van der Waals surface area (Å²) in [7, 11) is 1.21. The first-order valence-electron chi connectivity index (χ1n) is 15.6. The van der Waals surface area contributed by atoms with Gasteiger partial charge in [0.15, 0.2) is 11.2 Å². The fraction of sp³-hybridized carbons (Fsp3) is 0.500. The van der Waals surface area contributed by atoms with E-state index in [1.54, 1.807) is 24.3 Å². The molecule has 0 aliphatic carbocycles. The number of nitrogen functional groups attached to an aromatic ring is 1. The van der Waals surface area contributed by atoms with Gasteiger partial charge in [0.25, 0.3) is 11.5 Å². The number of carbonyl (C=O) groups excluding carboxylic acids is 3. The van der Waals surface area contributed by atoms with Gasteiger partial charge >= 0.3 is 5.97 Å². The molecule has 264 valence electrons. The van der Waals surface area contributed by atoms with Crippen molar-refractivity contribution in [3.63, 3.8) is 0 Å². The molecule has 0 saturated heterocycles. The van der Waals surface area contributed by atoms with E-state index < -0.39 is 23.5 Å². The zero-order chi connectivity index (χ0) is 35.3. The van der Waals surface area contributed by atoms with Crippen LogP contribution in [0.5, 0.6) is 0 Å².